The van der Waals surface area contributed by atoms with Crippen LogP contribution in [-0.4, -0.2) is 23.7 Å². The Morgan fingerprint density at radius 1 is 1.09 bits per heavy atom. The zero-order valence-corrected chi connectivity index (χ0v) is 19.9. The molecular weight excluding hydrogens is 423 g/mol. The van der Waals surface area contributed by atoms with Crippen molar-refractivity contribution >= 4 is 23.4 Å². The van der Waals surface area contributed by atoms with E-state index >= 15 is 0 Å². The van der Waals surface area contributed by atoms with E-state index in [1.165, 1.54) is 18.2 Å². The van der Waals surface area contributed by atoms with Crippen LogP contribution in [0.2, 0.25) is 0 Å². The number of amides is 2. The summed E-state index contributed by atoms with van der Waals surface area (Å²) in [5.74, 6) is 0.878. The van der Waals surface area contributed by atoms with Gasteiger partial charge in [0, 0.05) is 16.9 Å². The number of carbonyl (C=O) groups excluding carboxylic acids is 2. The molecule has 2 amide bonds. The van der Waals surface area contributed by atoms with Crippen molar-refractivity contribution in [3.05, 3.63) is 52.8 Å². The zero-order chi connectivity index (χ0) is 25.0. The molecule has 0 atom stereocenters. The number of benzene rings is 2. The Morgan fingerprint density at radius 2 is 1.73 bits per heavy atom. The maximum Gasteiger partial charge on any atom is 0.341 e. The van der Waals surface area contributed by atoms with Crippen molar-refractivity contribution in [3.63, 3.8) is 0 Å². The molecule has 3 N–H and O–H groups in total. The van der Waals surface area contributed by atoms with Gasteiger partial charge in [-0.15, -0.1) is 6.42 Å². The van der Waals surface area contributed by atoms with Crippen LogP contribution in [-0.2, 0) is 10.2 Å². The molecule has 0 radical (unpaired) electrons. The fourth-order valence-electron chi connectivity index (χ4n) is 4.01. The van der Waals surface area contributed by atoms with Crippen LogP contribution in [0.3, 0.4) is 0 Å². The number of ether oxygens (including phenoxy) is 1. The van der Waals surface area contributed by atoms with E-state index in [4.69, 9.17) is 11.2 Å². The number of hydrogen-bond acceptors (Lipinski definition) is 4. The highest BCUT2D eigenvalue weighted by molar-refractivity contribution is 6.00. The Balaban J connectivity index is 2.27. The molecule has 33 heavy (non-hydrogen) atoms. The zero-order valence-electron chi connectivity index (χ0n) is 19.9. The molecule has 0 aliphatic heterocycles. The van der Waals surface area contributed by atoms with Gasteiger partial charge in [-0.2, -0.15) is 0 Å². The highest BCUT2D eigenvalue weighted by atomic mass is 19.1. The number of aromatic hydroxyl groups is 1. The Morgan fingerprint density at radius 3 is 2.27 bits per heavy atom. The molecule has 0 spiro atoms. The lowest BCUT2D eigenvalue weighted by Crippen LogP contribution is -2.26. The third kappa shape index (κ3) is 6.72. The topological polar surface area (TPSA) is 87.7 Å². The number of urea groups is 1. The van der Waals surface area contributed by atoms with Gasteiger partial charge in [0.2, 0.25) is 0 Å². The Kier molecular flexibility index (Phi) is 7.76. The fraction of sp³-hybridized carbons (Fsp3) is 0.385. The first-order valence-corrected chi connectivity index (χ1v) is 10.7. The average molecular weight is 455 g/mol. The van der Waals surface area contributed by atoms with E-state index < -0.39 is 23.2 Å². The summed E-state index contributed by atoms with van der Waals surface area (Å²) in [6.07, 6.45) is 6.34. The van der Waals surface area contributed by atoms with Gasteiger partial charge in [0.05, 0.1) is 17.7 Å². The number of carbonyl (C=O) groups is 2. The number of nitrogens with one attached hydrogen (secondary N) is 2. The van der Waals surface area contributed by atoms with Gasteiger partial charge in [-0.25, -0.2) is 14.0 Å². The van der Waals surface area contributed by atoms with Crippen LogP contribution in [0.25, 0.3) is 0 Å². The molecule has 2 aromatic rings. The van der Waals surface area contributed by atoms with E-state index in [-0.39, 0.29) is 34.6 Å². The summed E-state index contributed by atoms with van der Waals surface area (Å²) in [6, 6.07) is 6.23. The van der Waals surface area contributed by atoms with Crippen LogP contribution in [0.15, 0.2) is 30.3 Å². The Labute approximate surface area is 194 Å². The molecule has 176 valence electrons. The minimum atomic E-state index is -0.809. The summed E-state index contributed by atoms with van der Waals surface area (Å²) >= 11 is 0. The lowest BCUT2D eigenvalue weighted by molar-refractivity contribution is 0.0521. The van der Waals surface area contributed by atoms with Crippen molar-refractivity contribution < 1.29 is 23.8 Å². The van der Waals surface area contributed by atoms with Gasteiger partial charge in [-0.3, -0.25) is 0 Å². The summed E-state index contributed by atoms with van der Waals surface area (Å²) in [7, 11) is 0. The summed E-state index contributed by atoms with van der Waals surface area (Å²) in [5.41, 5.74) is 0.774. The highest BCUT2D eigenvalue weighted by Gasteiger charge is 2.31. The molecule has 0 aromatic heterocycles. The molecule has 0 saturated heterocycles. The number of anilines is 2. The molecule has 0 bridgehead atoms. The molecule has 2 aromatic carbocycles. The number of esters is 1. The van der Waals surface area contributed by atoms with E-state index in [9.17, 15) is 19.1 Å². The Hall–Kier alpha value is -3.53. The maximum atomic E-state index is 14.2. The summed E-state index contributed by atoms with van der Waals surface area (Å²) < 4.78 is 19.0. The molecule has 0 fully saturated rings. The predicted octanol–water partition coefficient (Wildman–Crippen LogP) is 6.05. The third-order valence-corrected chi connectivity index (χ3v) is 4.95. The monoisotopic (exact) mass is 454 g/mol. The number of halogens is 1. The maximum absolute atomic E-state index is 14.2. The number of phenols is 1. The molecule has 6 nitrogen and oxygen atoms in total. The first-order valence-electron chi connectivity index (χ1n) is 10.7. The van der Waals surface area contributed by atoms with Crippen LogP contribution in [0, 0.1) is 23.6 Å². The second-order valence-electron chi connectivity index (χ2n) is 9.68. The van der Waals surface area contributed by atoms with Crippen molar-refractivity contribution in [2.24, 2.45) is 5.41 Å². The Bertz CT molecular complexity index is 1090. The van der Waals surface area contributed by atoms with E-state index in [1.54, 1.807) is 13.0 Å². The molecule has 0 saturated carbocycles. The SMILES string of the molecule is C#Cc1cc(NC(=O)Nc2ccc(C(=O)OCC)c(F)c2)cc(C(C)(C)CC(C)(C)C)c1O. The number of rotatable bonds is 6. The van der Waals surface area contributed by atoms with Crippen LogP contribution >= 0.6 is 0 Å². The molecule has 7 heteroatoms. The second-order valence-corrected chi connectivity index (χ2v) is 9.68. The van der Waals surface area contributed by atoms with Gasteiger partial charge >= 0.3 is 12.0 Å². The smallest absolute Gasteiger partial charge is 0.341 e. The van der Waals surface area contributed by atoms with Crippen LogP contribution in [0.5, 0.6) is 5.75 Å². The van der Waals surface area contributed by atoms with Crippen molar-refractivity contribution in [2.75, 3.05) is 17.2 Å². The first-order chi connectivity index (χ1) is 15.3. The van der Waals surface area contributed by atoms with Gasteiger partial charge < -0.3 is 20.5 Å². The summed E-state index contributed by atoms with van der Waals surface area (Å²) in [6.45, 7) is 12.1. The molecular formula is C26H31FN2O4. The van der Waals surface area contributed by atoms with E-state index in [0.29, 0.717) is 11.3 Å². The lowest BCUT2D eigenvalue weighted by atomic mass is 9.71. The van der Waals surface area contributed by atoms with Crippen LogP contribution in [0.1, 0.15) is 69.4 Å². The van der Waals surface area contributed by atoms with Crippen LogP contribution in [0.4, 0.5) is 20.6 Å². The van der Waals surface area contributed by atoms with E-state index in [0.717, 1.165) is 12.5 Å². The molecule has 0 unspecified atom stereocenters. The van der Waals surface area contributed by atoms with Gasteiger partial charge in [-0.05, 0) is 54.5 Å². The lowest BCUT2D eigenvalue weighted by Gasteiger charge is -2.34. The normalized spacial score (nSPS) is 11.5. The van der Waals surface area contributed by atoms with Gasteiger partial charge in [0.25, 0.3) is 0 Å². The molecule has 0 aliphatic carbocycles. The number of phenolic OH excluding ortho intramolecular Hbond substituents is 1. The largest absolute Gasteiger partial charge is 0.506 e. The molecule has 0 heterocycles. The van der Waals surface area contributed by atoms with Gasteiger partial charge in [-0.1, -0.05) is 40.5 Å². The minimum Gasteiger partial charge on any atom is -0.506 e. The third-order valence-electron chi connectivity index (χ3n) is 4.95. The summed E-state index contributed by atoms with van der Waals surface area (Å²) in [4.78, 5) is 24.3. The van der Waals surface area contributed by atoms with Crippen molar-refractivity contribution in [1.82, 2.24) is 0 Å². The number of terminal acetylenes is 1. The second kappa shape index (κ2) is 9.95. The van der Waals surface area contributed by atoms with E-state index in [2.05, 4.69) is 37.3 Å². The predicted molar refractivity (Wildman–Crippen MR) is 128 cm³/mol. The van der Waals surface area contributed by atoms with Crippen LogP contribution < -0.4 is 10.6 Å². The van der Waals surface area contributed by atoms with Gasteiger partial charge in [0.15, 0.2) is 0 Å². The van der Waals surface area contributed by atoms with E-state index in [1.807, 2.05) is 13.8 Å². The van der Waals surface area contributed by atoms with Crippen molar-refractivity contribution in [1.29, 1.82) is 0 Å². The van der Waals surface area contributed by atoms with Crippen molar-refractivity contribution in [2.45, 2.75) is 53.4 Å². The molecule has 0 aliphatic rings. The summed E-state index contributed by atoms with van der Waals surface area (Å²) in [5, 5.41) is 15.9. The first kappa shape index (κ1) is 25.7. The quantitative estimate of drug-likeness (QED) is 0.282. The average Bonchev–Trinajstić information content (AvgIpc) is 2.67. The number of hydrogen-bond donors (Lipinski definition) is 3. The molecule has 2 rings (SSSR count). The minimum absolute atomic E-state index is 0.00710. The highest BCUT2D eigenvalue weighted by Crippen LogP contribution is 2.42. The van der Waals surface area contributed by atoms with Crippen molar-refractivity contribution in [3.8, 4) is 18.1 Å². The van der Waals surface area contributed by atoms with Gasteiger partial charge in [0.1, 0.15) is 11.6 Å². The fourth-order valence-corrected chi connectivity index (χ4v) is 4.01. The standard InChI is InChI=1S/C26H31FN2O4/c1-8-16-12-18(13-20(22(16)30)26(6,7)15-25(3,4)5)29-24(32)28-17-10-11-19(21(27)14-17)23(31)33-9-2/h1,10-14,30H,9,15H2,2-7H3,(H2,28,29,32).